The number of aliphatic hydroxyl groups excluding tert-OH is 1. The fourth-order valence-electron chi connectivity index (χ4n) is 2.04. The maximum Gasteiger partial charge on any atom is 0.145 e. The molecule has 1 unspecified atom stereocenters. The van der Waals surface area contributed by atoms with Crippen molar-refractivity contribution in [3.05, 3.63) is 69.6 Å². The second-order valence-corrected chi connectivity index (χ2v) is 7.80. The van der Waals surface area contributed by atoms with E-state index in [1.165, 1.54) is 16.9 Å². The zero-order valence-corrected chi connectivity index (χ0v) is 15.1. The Morgan fingerprint density at radius 2 is 2.00 bits per heavy atom. The monoisotopic (exact) mass is 377 g/mol. The average Bonchev–Trinajstić information content (AvgIpc) is 3.06. The highest BCUT2D eigenvalue weighted by Crippen LogP contribution is 2.27. The van der Waals surface area contributed by atoms with Crippen LogP contribution in [0.5, 0.6) is 0 Å². The van der Waals surface area contributed by atoms with Crippen LogP contribution in [0.4, 0.5) is 5.82 Å². The predicted octanol–water partition coefficient (Wildman–Crippen LogP) is 4.63. The Hall–Kier alpha value is -1.60. The molecule has 2 aromatic heterocycles. The van der Waals surface area contributed by atoms with Gasteiger partial charge < -0.3 is 10.4 Å². The standard InChI is InChI=1S/C17H16ClN3OS2/c18-15-7-6-14(24-15)13(22)8-20-16-9-19-10-17(21-16)23-11-12-4-2-1-3-5-12/h1-7,9-10,13,22H,8,11H2,(H,20,21). The first-order chi connectivity index (χ1) is 11.7. The van der Waals surface area contributed by atoms with E-state index in [0.29, 0.717) is 16.7 Å². The van der Waals surface area contributed by atoms with Crippen molar-refractivity contribution in [2.75, 3.05) is 11.9 Å². The summed E-state index contributed by atoms with van der Waals surface area (Å²) < 4.78 is 0.670. The third-order valence-electron chi connectivity index (χ3n) is 3.24. The molecule has 0 saturated carbocycles. The fraction of sp³-hybridized carbons (Fsp3) is 0.176. The highest BCUT2D eigenvalue weighted by atomic mass is 35.5. The van der Waals surface area contributed by atoms with Crippen molar-refractivity contribution in [3.63, 3.8) is 0 Å². The zero-order valence-electron chi connectivity index (χ0n) is 12.7. The van der Waals surface area contributed by atoms with Crippen molar-refractivity contribution in [1.29, 1.82) is 0 Å². The number of hydrogen-bond donors (Lipinski definition) is 2. The number of hydrogen-bond acceptors (Lipinski definition) is 6. The molecule has 2 N–H and O–H groups in total. The van der Waals surface area contributed by atoms with Gasteiger partial charge in [-0.25, -0.2) is 4.98 Å². The van der Waals surface area contributed by atoms with Gasteiger partial charge in [0.2, 0.25) is 0 Å². The Balaban J connectivity index is 1.55. The van der Waals surface area contributed by atoms with E-state index in [1.807, 2.05) is 24.3 Å². The number of nitrogens with zero attached hydrogens (tertiary/aromatic N) is 2. The van der Waals surface area contributed by atoms with Crippen LogP contribution in [0.1, 0.15) is 16.5 Å². The quantitative estimate of drug-likeness (QED) is 0.588. The largest absolute Gasteiger partial charge is 0.386 e. The average molecular weight is 378 g/mol. The molecule has 0 aliphatic rings. The maximum absolute atomic E-state index is 10.2. The summed E-state index contributed by atoms with van der Waals surface area (Å²) in [7, 11) is 0. The molecule has 124 valence electrons. The molecule has 0 aliphatic carbocycles. The Morgan fingerprint density at radius 3 is 2.75 bits per heavy atom. The number of aliphatic hydroxyl groups is 1. The molecule has 0 amide bonds. The molecule has 3 aromatic rings. The summed E-state index contributed by atoms with van der Waals surface area (Å²) in [6.45, 7) is 0.359. The zero-order chi connectivity index (χ0) is 16.8. The van der Waals surface area contributed by atoms with Crippen LogP contribution in [0.15, 0.2) is 59.9 Å². The molecule has 0 bridgehead atoms. The smallest absolute Gasteiger partial charge is 0.145 e. The van der Waals surface area contributed by atoms with E-state index in [-0.39, 0.29) is 0 Å². The molecule has 7 heteroatoms. The molecule has 24 heavy (non-hydrogen) atoms. The van der Waals surface area contributed by atoms with Gasteiger partial charge in [-0.1, -0.05) is 41.9 Å². The molecule has 0 aliphatic heterocycles. The van der Waals surface area contributed by atoms with E-state index in [9.17, 15) is 5.11 Å². The normalized spacial score (nSPS) is 12.1. The minimum Gasteiger partial charge on any atom is -0.386 e. The molecule has 1 aromatic carbocycles. The minimum atomic E-state index is -0.620. The number of nitrogens with one attached hydrogen (secondary N) is 1. The van der Waals surface area contributed by atoms with Gasteiger partial charge in [0.15, 0.2) is 0 Å². The van der Waals surface area contributed by atoms with Crippen LogP contribution in [-0.4, -0.2) is 21.6 Å². The number of aromatic nitrogens is 2. The van der Waals surface area contributed by atoms with Crippen molar-refractivity contribution in [1.82, 2.24) is 9.97 Å². The van der Waals surface area contributed by atoms with Gasteiger partial charge in [-0.2, -0.15) is 0 Å². The Morgan fingerprint density at radius 1 is 1.17 bits per heavy atom. The number of rotatable bonds is 7. The lowest BCUT2D eigenvalue weighted by Gasteiger charge is -2.11. The second-order valence-electron chi connectivity index (χ2n) is 5.06. The van der Waals surface area contributed by atoms with Crippen LogP contribution in [0, 0.1) is 0 Å². The molecule has 0 fully saturated rings. The van der Waals surface area contributed by atoms with Crippen LogP contribution in [0.2, 0.25) is 4.34 Å². The lowest BCUT2D eigenvalue weighted by atomic mass is 10.2. The lowest BCUT2D eigenvalue weighted by Crippen LogP contribution is -2.12. The number of thioether (sulfide) groups is 1. The molecular weight excluding hydrogens is 362 g/mol. The molecular formula is C17H16ClN3OS2. The van der Waals surface area contributed by atoms with Gasteiger partial charge in [0, 0.05) is 17.2 Å². The Bertz CT molecular complexity index is 782. The fourth-order valence-corrected chi connectivity index (χ4v) is 3.90. The second kappa shape index (κ2) is 8.48. The predicted molar refractivity (Wildman–Crippen MR) is 101 cm³/mol. The summed E-state index contributed by atoms with van der Waals surface area (Å²) in [5.41, 5.74) is 1.24. The minimum absolute atomic E-state index is 0.359. The third kappa shape index (κ3) is 4.95. The SMILES string of the molecule is OC(CNc1cncc(SCc2ccccc2)n1)c1ccc(Cl)s1. The molecule has 0 saturated heterocycles. The van der Waals surface area contributed by atoms with Crippen LogP contribution in [-0.2, 0) is 5.75 Å². The molecule has 0 radical (unpaired) electrons. The van der Waals surface area contributed by atoms with Gasteiger partial charge in [-0.15, -0.1) is 23.1 Å². The topological polar surface area (TPSA) is 58.0 Å². The lowest BCUT2D eigenvalue weighted by molar-refractivity contribution is 0.195. The van der Waals surface area contributed by atoms with Crippen molar-refractivity contribution < 1.29 is 5.11 Å². The van der Waals surface area contributed by atoms with Crippen LogP contribution in [0.25, 0.3) is 0 Å². The van der Waals surface area contributed by atoms with Gasteiger partial charge in [-0.05, 0) is 17.7 Å². The van der Waals surface area contributed by atoms with Gasteiger partial charge >= 0.3 is 0 Å². The summed E-state index contributed by atoms with van der Waals surface area (Å²) >= 11 is 8.89. The first-order valence-corrected chi connectivity index (χ1v) is 9.54. The summed E-state index contributed by atoms with van der Waals surface area (Å²) in [6, 6.07) is 13.8. The van der Waals surface area contributed by atoms with E-state index in [4.69, 9.17) is 11.6 Å². The van der Waals surface area contributed by atoms with Crippen molar-refractivity contribution >= 4 is 40.5 Å². The Labute approximate surface area is 153 Å². The van der Waals surface area contributed by atoms with Gasteiger partial charge in [-0.3, -0.25) is 4.98 Å². The molecule has 3 rings (SSSR count). The van der Waals surface area contributed by atoms with Gasteiger partial charge in [0.05, 0.1) is 16.7 Å². The van der Waals surface area contributed by atoms with Crippen LogP contribution >= 0.6 is 34.7 Å². The van der Waals surface area contributed by atoms with Gasteiger partial charge in [0.1, 0.15) is 16.9 Å². The van der Waals surface area contributed by atoms with E-state index < -0.39 is 6.10 Å². The molecule has 2 heterocycles. The van der Waals surface area contributed by atoms with Crippen LogP contribution < -0.4 is 5.32 Å². The third-order valence-corrected chi connectivity index (χ3v) is 5.54. The molecule has 4 nitrogen and oxygen atoms in total. The highest BCUT2D eigenvalue weighted by molar-refractivity contribution is 7.98. The molecule has 1 atom stereocenters. The van der Waals surface area contributed by atoms with Gasteiger partial charge in [0.25, 0.3) is 0 Å². The summed E-state index contributed by atoms with van der Waals surface area (Å²) in [6.07, 6.45) is 2.78. The summed E-state index contributed by atoms with van der Waals surface area (Å²) in [5.74, 6) is 1.49. The van der Waals surface area contributed by atoms with E-state index in [2.05, 4.69) is 27.4 Å². The number of anilines is 1. The number of halogens is 1. The van der Waals surface area contributed by atoms with E-state index in [1.54, 1.807) is 30.2 Å². The van der Waals surface area contributed by atoms with Crippen molar-refractivity contribution in [2.45, 2.75) is 16.9 Å². The summed E-state index contributed by atoms with van der Waals surface area (Å²) in [4.78, 5) is 9.55. The Kier molecular flexibility index (Phi) is 6.09. The maximum atomic E-state index is 10.2. The van der Waals surface area contributed by atoms with E-state index >= 15 is 0 Å². The number of benzene rings is 1. The van der Waals surface area contributed by atoms with E-state index in [0.717, 1.165) is 15.7 Å². The molecule has 0 spiro atoms. The highest BCUT2D eigenvalue weighted by Gasteiger charge is 2.10. The number of thiophene rings is 1. The van der Waals surface area contributed by atoms with Crippen molar-refractivity contribution in [2.24, 2.45) is 0 Å². The summed E-state index contributed by atoms with van der Waals surface area (Å²) in [5, 5.41) is 14.1. The van der Waals surface area contributed by atoms with Crippen LogP contribution in [0.3, 0.4) is 0 Å². The first kappa shape index (κ1) is 17.2. The first-order valence-electron chi connectivity index (χ1n) is 7.36. The van der Waals surface area contributed by atoms with Crippen molar-refractivity contribution in [3.8, 4) is 0 Å².